The summed E-state index contributed by atoms with van der Waals surface area (Å²) in [5.74, 6) is -0.754. The van der Waals surface area contributed by atoms with E-state index in [1.165, 1.54) is 0 Å². The van der Waals surface area contributed by atoms with Gasteiger partial charge in [-0.3, -0.25) is 4.79 Å². The van der Waals surface area contributed by atoms with Crippen LogP contribution in [0.15, 0.2) is 29.1 Å². The summed E-state index contributed by atoms with van der Waals surface area (Å²) in [5, 5.41) is 19.1. The molecule has 25 heavy (non-hydrogen) atoms. The smallest absolute Gasteiger partial charge is 0.345 e. The molecule has 1 saturated carbocycles. The Balaban J connectivity index is 1.65. The first-order chi connectivity index (χ1) is 11.9. The Morgan fingerprint density at radius 1 is 1.24 bits per heavy atom. The van der Waals surface area contributed by atoms with Gasteiger partial charge in [0.1, 0.15) is 5.75 Å². The number of nitrogens with two attached hydrogens (primary N) is 1. The SMILES string of the molecule is Cc1c(-c2ccc(N3C[C@@H]4C(N)[C@@H]4C3)cc2)[nH]c(=O)c(C(=O)O)c1O. The van der Waals surface area contributed by atoms with E-state index in [-0.39, 0.29) is 0 Å². The van der Waals surface area contributed by atoms with Gasteiger partial charge < -0.3 is 25.8 Å². The normalized spacial score (nSPS) is 24.2. The topological polar surface area (TPSA) is 120 Å². The number of aromatic amines is 1. The third-order valence-electron chi connectivity index (χ3n) is 5.43. The Hall–Kier alpha value is -2.80. The monoisotopic (exact) mass is 341 g/mol. The zero-order valence-corrected chi connectivity index (χ0v) is 13.7. The minimum Gasteiger partial charge on any atom is -0.506 e. The Morgan fingerprint density at radius 2 is 1.84 bits per heavy atom. The van der Waals surface area contributed by atoms with Crippen molar-refractivity contribution in [3.8, 4) is 17.0 Å². The van der Waals surface area contributed by atoms with Crippen molar-refractivity contribution in [3.05, 3.63) is 45.7 Å². The molecule has 1 aromatic heterocycles. The van der Waals surface area contributed by atoms with Gasteiger partial charge in [-0.05, 0) is 36.5 Å². The number of piperidine rings is 1. The van der Waals surface area contributed by atoms with Gasteiger partial charge in [0.15, 0.2) is 5.56 Å². The summed E-state index contributed by atoms with van der Waals surface area (Å²) in [6.45, 7) is 3.51. The average Bonchev–Trinajstić information content (AvgIpc) is 2.98. The lowest BCUT2D eigenvalue weighted by atomic mass is 10.0. The molecule has 2 heterocycles. The number of hydrogen-bond donors (Lipinski definition) is 4. The molecule has 4 rings (SSSR count). The summed E-state index contributed by atoms with van der Waals surface area (Å²) in [6.07, 6.45) is 0. The van der Waals surface area contributed by atoms with Crippen molar-refractivity contribution in [1.29, 1.82) is 0 Å². The first kappa shape index (κ1) is 15.7. The summed E-state index contributed by atoms with van der Waals surface area (Å²) in [7, 11) is 0. The number of aromatic hydroxyl groups is 1. The number of rotatable bonds is 3. The lowest BCUT2D eigenvalue weighted by molar-refractivity contribution is 0.0691. The molecule has 2 aromatic rings. The number of aromatic carboxylic acids is 1. The number of pyridine rings is 1. The molecule has 7 heteroatoms. The van der Waals surface area contributed by atoms with E-state index in [1.54, 1.807) is 6.92 Å². The second kappa shape index (κ2) is 5.35. The Kier molecular flexibility index (Phi) is 3.36. The van der Waals surface area contributed by atoms with Crippen LogP contribution < -0.4 is 16.2 Å². The van der Waals surface area contributed by atoms with Crippen LogP contribution in [0.1, 0.15) is 15.9 Å². The fourth-order valence-electron chi connectivity index (χ4n) is 3.79. The van der Waals surface area contributed by atoms with Crippen molar-refractivity contribution in [2.75, 3.05) is 18.0 Å². The van der Waals surface area contributed by atoms with Gasteiger partial charge in [0, 0.05) is 30.4 Å². The van der Waals surface area contributed by atoms with Crippen LogP contribution in [0.3, 0.4) is 0 Å². The van der Waals surface area contributed by atoms with Crippen LogP contribution in [-0.4, -0.2) is 40.3 Å². The van der Waals surface area contributed by atoms with Gasteiger partial charge in [0.05, 0.1) is 5.69 Å². The molecule has 5 N–H and O–H groups in total. The molecule has 0 radical (unpaired) electrons. The fraction of sp³-hybridized carbons (Fsp3) is 0.333. The van der Waals surface area contributed by atoms with E-state index in [1.807, 2.05) is 24.3 Å². The van der Waals surface area contributed by atoms with E-state index in [4.69, 9.17) is 10.8 Å². The van der Waals surface area contributed by atoms with Gasteiger partial charge in [0.2, 0.25) is 0 Å². The third kappa shape index (κ3) is 2.39. The van der Waals surface area contributed by atoms with E-state index in [0.717, 1.165) is 18.8 Å². The van der Waals surface area contributed by atoms with Gasteiger partial charge in [-0.1, -0.05) is 12.1 Å². The standard InChI is InChI=1S/C18H19N3O4/c1-8-15(20-17(23)13(16(8)22)18(24)25)9-2-4-10(5-3-9)21-6-11-12(7-21)14(11)19/h2-5,11-12,14H,6-7,19H2,1H3,(H,24,25)(H2,20,22,23)/t11-,12+,14?. The quantitative estimate of drug-likeness (QED) is 0.665. The van der Waals surface area contributed by atoms with Crippen molar-refractivity contribution >= 4 is 11.7 Å². The number of aromatic nitrogens is 1. The predicted molar refractivity (Wildman–Crippen MR) is 93.0 cm³/mol. The number of nitrogens with one attached hydrogen (secondary N) is 1. The second-order valence-corrected chi connectivity index (χ2v) is 6.84. The highest BCUT2D eigenvalue weighted by atomic mass is 16.4. The number of H-pyrrole nitrogens is 1. The molecule has 3 atom stereocenters. The predicted octanol–water partition coefficient (Wildman–Crippen LogP) is 1.15. The summed E-state index contributed by atoms with van der Waals surface area (Å²) in [5.41, 5.74) is 7.07. The minimum absolute atomic E-state index is 0.332. The largest absolute Gasteiger partial charge is 0.506 e. The molecule has 7 nitrogen and oxygen atoms in total. The van der Waals surface area contributed by atoms with Gasteiger partial charge in [0.25, 0.3) is 5.56 Å². The summed E-state index contributed by atoms with van der Waals surface area (Å²) < 4.78 is 0. The molecule has 1 aliphatic heterocycles. The molecule has 2 fully saturated rings. The Labute approximate surface area is 143 Å². The van der Waals surface area contributed by atoms with Crippen molar-refractivity contribution in [2.24, 2.45) is 17.6 Å². The van der Waals surface area contributed by atoms with Gasteiger partial charge in [-0.15, -0.1) is 0 Å². The van der Waals surface area contributed by atoms with Crippen LogP contribution in [0.4, 0.5) is 5.69 Å². The lowest BCUT2D eigenvalue weighted by Crippen LogP contribution is -2.27. The number of carboxylic acids is 1. The zero-order chi connectivity index (χ0) is 17.9. The Morgan fingerprint density at radius 3 is 2.40 bits per heavy atom. The molecular weight excluding hydrogens is 322 g/mol. The maximum Gasteiger partial charge on any atom is 0.345 e. The number of anilines is 1. The van der Waals surface area contributed by atoms with E-state index in [9.17, 15) is 14.7 Å². The van der Waals surface area contributed by atoms with E-state index in [0.29, 0.717) is 34.7 Å². The highest BCUT2D eigenvalue weighted by molar-refractivity contribution is 5.91. The molecule has 2 aliphatic rings. The van der Waals surface area contributed by atoms with E-state index < -0.39 is 22.8 Å². The molecule has 1 aliphatic carbocycles. The van der Waals surface area contributed by atoms with E-state index in [2.05, 4.69) is 9.88 Å². The highest BCUT2D eigenvalue weighted by Gasteiger charge is 2.53. The van der Waals surface area contributed by atoms with Gasteiger partial charge in [-0.2, -0.15) is 0 Å². The molecule has 0 bridgehead atoms. The Bertz CT molecular complexity index is 907. The maximum atomic E-state index is 12.0. The highest BCUT2D eigenvalue weighted by Crippen LogP contribution is 2.45. The molecule has 0 amide bonds. The van der Waals surface area contributed by atoms with Crippen LogP contribution in [0.25, 0.3) is 11.3 Å². The first-order valence-corrected chi connectivity index (χ1v) is 8.18. The molecule has 0 spiro atoms. The molecule has 130 valence electrons. The van der Waals surface area contributed by atoms with Crippen LogP contribution >= 0.6 is 0 Å². The number of hydrogen-bond acceptors (Lipinski definition) is 5. The maximum absolute atomic E-state index is 12.0. The zero-order valence-electron chi connectivity index (χ0n) is 13.7. The molecule has 1 saturated heterocycles. The van der Waals surface area contributed by atoms with Gasteiger partial charge in [-0.25, -0.2) is 4.79 Å². The van der Waals surface area contributed by atoms with E-state index >= 15 is 0 Å². The number of nitrogens with zero attached hydrogens (tertiary/aromatic N) is 1. The van der Waals surface area contributed by atoms with Crippen LogP contribution in [-0.2, 0) is 0 Å². The molecule has 1 unspecified atom stereocenters. The number of carboxylic acid groups (broad SMARTS) is 1. The van der Waals surface area contributed by atoms with Crippen molar-refractivity contribution in [1.82, 2.24) is 4.98 Å². The molecular formula is C18H19N3O4. The lowest BCUT2D eigenvalue weighted by Gasteiger charge is -2.21. The minimum atomic E-state index is -1.45. The summed E-state index contributed by atoms with van der Waals surface area (Å²) in [6, 6.07) is 7.99. The van der Waals surface area contributed by atoms with Crippen LogP contribution in [0.5, 0.6) is 5.75 Å². The van der Waals surface area contributed by atoms with Crippen molar-refractivity contribution in [3.63, 3.8) is 0 Å². The van der Waals surface area contributed by atoms with Crippen molar-refractivity contribution < 1.29 is 15.0 Å². The molecule has 1 aromatic carbocycles. The average molecular weight is 341 g/mol. The third-order valence-corrected chi connectivity index (χ3v) is 5.43. The number of fused-ring (bicyclic) bond motifs is 1. The fourth-order valence-corrected chi connectivity index (χ4v) is 3.79. The number of benzene rings is 1. The van der Waals surface area contributed by atoms with Crippen LogP contribution in [0.2, 0.25) is 0 Å². The first-order valence-electron chi connectivity index (χ1n) is 8.18. The number of carbonyl (C=O) groups is 1. The summed E-state index contributed by atoms with van der Waals surface area (Å²) in [4.78, 5) is 27.9. The second-order valence-electron chi connectivity index (χ2n) is 6.84. The van der Waals surface area contributed by atoms with Gasteiger partial charge >= 0.3 is 5.97 Å². The van der Waals surface area contributed by atoms with Crippen molar-refractivity contribution in [2.45, 2.75) is 13.0 Å². The van der Waals surface area contributed by atoms with Crippen LogP contribution in [0, 0.1) is 18.8 Å². The summed E-state index contributed by atoms with van der Waals surface area (Å²) >= 11 is 0.